The largest absolute Gasteiger partial charge is 0.494 e. The Morgan fingerprint density at radius 3 is 2.20 bits per heavy atom. The maximum absolute atomic E-state index is 5.73. The molecule has 1 rings (SSSR count). The molecule has 0 heterocycles. The predicted octanol–water partition coefficient (Wildman–Crippen LogP) is 4.95. The van der Waals surface area contributed by atoms with Crippen LogP contribution in [0.2, 0.25) is 0 Å². The topological polar surface area (TPSA) is 21.3 Å². The van der Waals surface area contributed by atoms with Gasteiger partial charge in [-0.25, -0.2) is 0 Å². The van der Waals surface area contributed by atoms with Gasteiger partial charge in [0.2, 0.25) is 0 Å². The molecule has 1 N–H and O–H groups in total. The van der Waals surface area contributed by atoms with Crippen molar-refractivity contribution in [2.45, 2.75) is 59.9 Å². The second kappa shape index (κ2) is 8.31. The zero-order valence-electron chi connectivity index (χ0n) is 13.8. The van der Waals surface area contributed by atoms with Gasteiger partial charge in [0.25, 0.3) is 0 Å². The first-order chi connectivity index (χ1) is 9.49. The van der Waals surface area contributed by atoms with Gasteiger partial charge in [-0.15, -0.1) is 0 Å². The summed E-state index contributed by atoms with van der Waals surface area (Å²) in [6.45, 7) is 13.1. The highest BCUT2D eigenvalue weighted by atomic mass is 16.5. The third-order valence-corrected chi connectivity index (χ3v) is 3.44. The van der Waals surface area contributed by atoms with Gasteiger partial charge in [-0.05, 0) is 42.5 Å². The molecule has 2 heteroatoms. The van der Waals surface area contributed by atoms with Crippen LogP contribution in [-0.4, -0.2) is 13.2 Å². The molecule has 0 spiro atoms. The highest BCUT2D eigenvalue weighted by Gasteiger charge is 2.25. The molecular weight excluding hydrogens is 246 g/mol. The summed E-state index contributed by atoms with van der Waals surface area (Å²) >= 11 is 0. The predicted molar refractivity (Wildman–Crippen MR) is 87.3 cm³/mol. The first-order valence-electron chi connectivity index (χ1n) is 7.95. The Morgan fingerprint density at radius 2 is 1.70 bits per heavy atom. The summed E-state index contributed by atoms with van der Waals surface area (Å²) < 4.78 is 5.73. The molecule has 0 saturated carbocycles. The van der Waals surface area contributed by atoms with Gasteiger partial charge in [-0.3, -0.25) is 0 Å². The summed E-state index contributed by atoms with van der Waals surface area (Å²) in [6, 6.07) is 8.96. The quantitative estimate of drug-likeness (QED) is 0.679. The number of hydrogen-bond acceptors (Lipinski definition) is 2. The van der Waals surface area contributed by atoms with Crippen molar-refractivity contribution in [1.29, 1.82) is 0 Å². The van der Waals surface area contributed by atoms with E-state index in [4.69, 9.17) is 4.74 Å². The second-order valence-electron chi connectivity index (χ2n) is 6.52. The molecule has 0 radical (unpaired) electrons. The highest BCUT2D eigenvalue weighted by molar-refractivity contribution is 5.30. The Hall–Kier alpha value is -1.02. The zero-order chi connectivity index (χ0) is 15.0. The van der Waals surface area contributed by atoms with E-state index in [9.17, 15) is 0 Å². The van der Waals surface area contributed by atoms with E-state index >= 15 is 0 Å². The van der Waals surface area contributed by atoms with Crippen LogP contribution in [0.15, 0.2) is 24.3 Å². The van der Waals surface area contributed by atoms with E-state index in [0.29, 0.717) is 6.04 Å². The summed E-state index contributed by atoms with van der Waals surface area (Å²) in [5, 5.41) is 3.66. The monoisotopic (exact) mass is 277 g/mol. The molecule has 0 saturated heterocycles. The summed E-state index contributed by atoms with van der Waals surface area (Å²) in [7, 11) is 0. The van der Waals surface area contributed by atoms with Crippen molar-refractivity contribution in [2.75, 3.05) is 13.2 Å². The normalized spacial score (nSPS) is 13.2. The molecule has 1 aromatic carbocycles. The second-order valence-corrected chi connectivity index (χ2v) is 6.52. The number of benzene rings is 1. The lowest BCUT2D eigenvalue weighted by Crippen LogP contribution is -2.32. The van der Waals surface area contributed by atoms with Crippen LogP contribution < -0.4 is 10.1 Å². The number of ether oxygens (including phenoxy) is 1. The SMILES string of the molecule is CCCCOc1ccc(C(NCCC)C(C)(C)C)cc1. The number of nitrogens with one attached hydrogen (secondary N) is 1. The Bertz CT molecular complexity index is 364. The number of hydrogen-bond donors (Lipinski definition) is 1. The summed E-state index contributed by atoms with van der Waals surface area (Å²) in [4.78, 5) is 0. The van der Waals surface area contributed by atoms with Crippen LogP contribution in [0.25, 0.3) is 0 Å². The van der Waals surface area contributed by atoms with Crippen LogP contribution in [-0.2, 0) is 0 Å². The van der Waals surface area contributed by atoms with Crippen molar-refractivity contribution in [2.24, 2.45) is 5.41 Å². The maximum atomic E-state index is 5.73. The summed E-state index contributed by atoms with van der Waals surface area (Å²) in [6.07, 6.45) is 3.44. The fourth-order valence-corrected chi connectivity index (χ4v) is 2.30. The Balaban J connectivity index is 2.72. The number of unbranched alkanes of at least 4 members (excludes halogenated alkanes) is 1. The lowest BCUT2D eigenvalue weighted by molar-refractivity contribution is 0.272. The van der Waals surface area contributed by atoms with E-state index in [1.165, 1.54) is 12.0 Å². The van der Waals surface area contributed by atoms with Crippen LogP contribution in [0.1, 0.15) is 65.5 Å². The van der Waals surface area contributed by atoms with E-state index in [1.807, 2.05) is 0 Å². The molecule has 2 nitrogen and oxygen atoms in total. The van der Waals surface area contributed by atoms with E-state index in [0.717, 1.165) is 31.7 Å². The molecule has 114 valence electrons. The van der Waals surface area contributed by atoms with Crippen molar-refractivity contribution < 1.29 is 4.74 Å². The van der Waals surface area contributed by atoms with E-state index in [2.05, 4.69) is 64.2 Å². The van der Waals surface area contributed by atoms with E-state index in [-0.39, 0.29) is 5.41 Å². The summed E-state index contributed by atoms with van der Waals surface area (Å²) in [5.41, 5.74) is 1.55. The minimum Gasteiger partial charge on any atom is -0.494 e. The van der Waals surface area contributed by atoms with Crippen LogP contribution >= 0.6 is 0 Å². The third-order valence-electron chi connectivity index (χ3n) is 3.44. The lowest BCUT2D eigenvalue weighted by Gasteiger charge is -2.32. The fraction of sp³-hybridized carbons (Fsp3) is 0.667. The molecular formula is C18H31NO. The molecule has 0 aliphatic carbocycles. The van der Waals surface area contributed by atoms with Gasteiger partial charge in [0.05, 0.1) is 6.61 Å². The van der Waals surface area contributed by atoms with Crippen molar-refractivity contribution in [3.05, 3.63) is 29.8 Å². The first kappa shape index (κ1) is 17.0. The summed E-state index contributed by atoms with van der Waals surface area (Å²) in [5.74, 6) is 0.977. The van der Waals surface area contributed by atoms with Gasteiger partial charge in [-0.2, -0.15) is 0 Å². The van der Waals surface area contributed by atoms with Crippen LogP contribution in [0.5, 0.6) is 5.75 Å². The maximum Gasteiger partial charge on any atom is 0.119 e. The van der Waals surface area contributed by atoms with Gasteiger partial charge in [0, 0.05) is 6.04 Å². The minimum atomic E-state index is 0.208. The molecule has 0 amide bonds. The van der Waals surface area contributed by atoms with Gasteiger partial charge >= 0.3 is 0 Å². The van der Waals surface area contributed by atoms with Crippen LogP contribution in [0.4, 0.5) is 0 Å². The Labute approximate surface area is 124 Å². The van der Waals surface area contributed by atoms with E-state index < -0.39 is 0 Å². The van der Waals surface area contributed by atoms with Gasteiger partial charge in [0.15, 0.2) is 0 Å². The molecule has 1 aromatic rings. The van der Waals surface area contributed by atoms with Crippen molar-refractivity contribution >= 4 is 0 Å². The first-order valence-corrected chi connectivity index (χ1v) is 7.95. The Morgan fingerprint density at radius 1 is 1.05 bits per heavy atom. The van der Waals surface area contributed by atoms with Crippen molar-refractivity contribution in [3.63, 3.8) is 0 Å². The average Bonchev–Trinajstić information content (AvgIpc) is 2.40. The highest BCUT2D eigenvalue weighted by Crippen LogP contribution is 2.33. The molecule has 1 atom stereocenters. The van der Waals surface area contributed by atoms with Gasteiger partial charge in [0.1, 0.15) is 5.75 Å². The smallest absolute Gasteiger partial charge is 0.119 e. The fourth-order valence-electron chi connectivity index (χ4n) is 2.30. The Kier molecular flexibility index (Phi) is 7.08. The molecule has 20 heavy (non-hydrogen) atoms. The zero-order valence-corrected chi connectivity index (χ0v) is 13.8. The third kappa shape index (κ3) is 5.54. The number of rotatable bonds is 8. The minimum absolute atomic E-state index is 0.208. The van der Waals surface area contributed by atoms with E-state index in [1.54, 1.807) is 0 Å². The molecule has 0 aromatic heterocycles. The standard InChI is InChI=1S/C18H31NO/c1-6-8-14-20-16-11-9-15(10-12-16)17(18(3,4)5)19-13-7-2/h9-12,17,19H,6-8,13-14H2,1-5H3. The molecule has 0 aliphatic rings. The van der Waals surface area contributed by atoms with Crippen molar-refractivity contribution in [1.82, 2.24) is 5.32 Å². The molecule has 0 bridgehead atoms. The van der Waals surface area contributed by atoms with Crippen molar-refractivity contribution in [3.8, 4) is 5.75 Å². The average molecular weight is 277 g/mol. The molecule has 0 fully saturated rings. The van der Waals surface area contributed by atoms with Gasteiger partial charge in [-0.1, -0.05) is 53.2 Å². The van der Waals surface area contributed by atoms with Crippen LogP contribution in [0.3, 0.4) is 0 Å². The molecule has 1 unspecified atom stereocenters. The van der Waals surface area contributed by atoms with Crippen LogP contribution in [0, 0.1) is 5.41 Å². The van der Waals surface area contributed by atoms with Gasteiger partial charge < -0.3 is 10.1 Å². The molecule has 0 aliphatic heterocycles. The lowest BCUT2D eigenvalue weighted by atomic mass is 9.82.